The summed E-state index contributed by atoms with van der Waals surface area (Å²) in [6, 6.07) is 5.32. The minimum atomic E-state index is -0.0677. The number of benzene rings is 1. The van der Waals surface area contributed by atoms with E-state index in [-0.39, 0.29) is 5.91 Å². The molecule has 6 heteroatoms. The fourth-order valence-corrected chi connectivity index (χ4v) is 2.36. The molecule has 0 fully saturated rings. The van der Waals surface area contributed by atoms with Crippen molar-refractivity contribution in [2.24, 2.45) is 7.05 Å². The summed E-state index contributed by atoms with van der Waals surface area (Å²) in [5.41, 5.74) is 1.56. The molecule has 2 aromatic rings. The number of rotatable bonds is 8. The lowest BCUT2D eigenvalue weighted by molar-refractivity contribution is 0.0784. The summed E-state index contributed by atoms with van der Waals surface area (Å²) < 4.78 is 13.0. The van der Waals surface area contributed by atoms with Gasteiger partial charge >= 0.3 is 0 Å². The summed E-state index contributed by atoms with van der Waals surface area (Å²) in [5.74, 6) is 1.21. The molecule has 0 aliphatic rings. The number of ether oxygens (including phenoxy) is 2. The second-order valence-corrected chi connectivity index (χ2v) is 5.63. The Morgan fingerprint density at radius 2 is 2.04 bits per heavy atom. The molecule has 0 aliphatic heterocycles. The SMILES string of the molecule is CCCOc1ccc(C(=O)N(C)Cc2cnn(C)c2)cc1OCC. The molecule has 130 valence electrons. The van der Waals surface area contributed by atoms with E-state index in [1.54, 1.807) is 41.0 Å². The van der Waals surface area contributed by atoms with Crippen molar-refractivity contribution in [2.45, 2.75) is 26.8 Å². The van der Waals surface area contributed by atoms with Crippen LogP contribution in [0, 0.1) is 0 Å². The molecule has 0 radical (unpaired) electrons. The summed E-state index contributed by atoms with van der Waals surface area (Å²) in [6.45, 7) is 5.60. The first-order valence-electron chi connectivity index (χ1n) is 8.17. The van der Waals surface area contributed by atoms with Crippen LogP contribution in [0.15, 0.2) is 30.6 Å². The van der Waals surface area contributed by atoms with Gasteiger partial charge in [-0.1, -0.05) is 6.92 Å². The molecule has 2 rings (SSSR count). The Kier molecular flexibility index (Phi) is 6.23. The van der Waals surface area contributed by atoms with Crippen molar-refractivity contribution >= 4 is 5.91 Å². The topological polar surface area (TPSA) is 56.6 Å². The minimum Gasteiger partial charge on any atom is -0.490 e. The second-order valence-electron chi connectivity index (χ2n) is 5.63. The van der Waals surface area contributed by atoms with Gasteiger partial charge < -0.3 is 14.4 Å². The summed E-state index contributed by atoms with van der Waals surface area (Å²) in [5, 5.41) is 4.12. The lowest BCUT2D eigenvalue weighted by atomic mass is 10.1. The number of nitrogens with zero attached hydrogens (tertiary/aromatic N) is 3. The first-order valence-corrected chi connectivity index (χ1v) is 8.17. The Morgan fingerprint density at radius 1 is 1.25 bits per heavy atom. The highest BCUT2D eigenvalue weighted by Crippen LogP contribution is 2.29. The Labute approximate surface area is 143 Å². The van der Waals surface area contributed by atoms with Crippen molar-refractivity contribution in [3.63, 3.8) is 0 Å². The fourth-order valence-electron chi connectivity index (χ4n) is 2.36. The van der Waals surface area contributed by atoms with Crippen molar-refractivity contribution < 1.29 is 14.3 Å². The van der Waals surface area contributed by atoms with Crippen LogP contribution < -0.4 is 9.47 Å². The van der Waals surface area contributed by atoms with Crippen molar-refractivity contribution in [3.8, 4) is 11.5 Å². The Morgan fingerprint density at radius 3 is 2.67 bits per heavy atom. The van der Waals surface area contributed by atoms with Crippen LogP contribution in [0.5, 0.6) is 11.5 Å². The van der Waals surface area contributed by atoms with Gasteiger partial charge in [0.1, 0.15) is 0 Å². The molecule has 6 nitrogen and oxygen atoms in total. The van der Waals surface area contributed by atoms with E-state index in [0.717, 1.165) is 12.0 Å². The van der Waals surface area contributed by atoms with Crippen LogP contribution >= 0.6 is 0 Å². The number of carbonyl (C=O) groups excluding carboxylic acids is 1. The molecule has 0 spiro atoms. The summed E-state index contributed by atoms with van der Waals surface area (Å²) in [7, 11) is 3.63. The zero-order valence-electron chi connectivity index (χ0n) is 14.8. The molecule has 0 aliphatic carbocycles. The maximum absolute atomic E-state index is 12.6. The van der Waals surface area contributed by atoms with Crippen LogP contribution in [0.4, 0.5) is 0 Å². The molecule has 0 N–H and O–H groups in total. The van der Waals surface area contributed by atoms with Crippen molar-refractivity contribution in [2.75, 3.05) is 20.3 Å². The third-order valence-electron chi connectivity index (χ3n) is 3.48. The largest absolute Gasteiger partial charge is 0.490 e. The minimum absolute atomic E-state index is 0.0677. The van der Waals surface area contributed by atoms with E-state index in [4.69, 9.17) is 9.47 Å². The first-order chi connectivity index (χ1) is 11.5. The summed E-state index contributed by atoms with van der Waals surface area (Å²) in [6.07, 6.45) is 4.58. The van der Waals surface area contributed by atoms with Gasteiger partial charge in [0.25, 0.3) is 5.91 Å². The summed E-state index contributed by atoms with van der Waals surface area (Å²) in [4.78, 5) is 14.3. The third kappa shape index (κ3) is 4.50. The van der Waals surface area contributed by atoms with Gasteiger partial charge in [-0.2, -0.15) is 5.10 Å². The van der Waals surface area contributed by atoms with Crippen LogP contribution in [0.3, 0.4) is 0 Å². The average molecular weight is 331 g/mol. The van der Waals surface area contributed by atoms with Crippen molar-refractivity contribution in [1.29, 1.82) is 0 Å². The molecule has 0 saturated heterocycles. The van der Waals surface area contributed by atoms with Crippen molar-refractivity contribution in [3.05, 3.63) is 41.7 Å². The molecule has 0 unspecified atom stereocenters. The van der Waals surface area contributed by atoms with Crippen molar-refractivity contribution in [1.82, 2.24) is 14.7 Å². The quantitative estimate of drug-likeness (QED) is 0.746. The van der Waals surface area contributed by atoms with Crippen LogP contribution in [0.2, 0.25) is 0 Å². The molecular formula is C18H25N3O3. The molecule has 1 aromatic heterocycles. The number of amides is 1. The predicted molar refractivity (Wildman–Crippen MR) is 92.4 cm³/mol. The van der Waals surface area contributed by atoms with Crippen LogP contribution in [-0.2, 0) is 13.6 Å². The highest BCUT2D eigenvalue weighted by atomic mass is 16.5. The molecule has 0 atom stereocenters. The smallest absolute Gasteiger partial charge is 0.254 e. The van der Waals surface area contributed by atoms with E-state index in [1.807, 2.05) is 27.1 Å². The van der Waals surface area contributed by atoms with E-state index < -0.39 is 0 Å². The number of aromatic nitrogens is 2. The standard InChI is InChI=1S/C18H25N3O3/c1-5-9-24-16-8-7-15(10-17(16)23-6-2)18(22)20(3)12-14-11-19-21(4)13-14/h7-8,10-11,13H,5-6,9,12H2,1-4H3. The number of hydrogen-bond acceptors (Lipinski definition) is 4. The number of aryl methyl sites for hydroxylation is 1. The molecule has 1 aromatic carbocycles. The molecular weight excluding hydrogens is 306 g/mol. The lowest BCUT2D eigenvalue weighted by Crippen LogP contribution is -2.26. The van der Waals surface area contributed by atoms with Gasteiger partial charge in [0.2, 0.25) is 0 Å². The van der Waals surface area contributed by atoms with E-state index >= 15 is 0 Å². The summed E-state index contributed by atoms with van der Waals surface area (Å²) >= 11 is 0. The maximum atomic E-state index is 12.6. The van der Waals surface area contributed by atoms with E-state index in [0.29, 0.717) is 36.8 Å². The molecule has 24 heavy (non-hydrogen) atoms. The average Bonchev–Trinajstić information content (AvgIpc) is 2.98. The number of carbonyl (C=O) groups is 1. The second kappa shape index (κ2) is 8.38. The Bertz CT molecular complexity index is 682. The highest BCUT2D eigenvalue weighted by molar-refractivity contribution is 5.94. The van der Waals surface area contributed by atoms with Gasteiger partial charge in [-0.3, -0.25) is 9.48 Å². The van der Waals surface area contributed by atoms with Gasteiger partial charge in [0, 0.05) is 38.0 Å². The zero-order valence-corrected chi connectivity index (χ0v) is 14.8. The van der Waals surface area contributed by atoms with Gasteiger partial charge in [0.05, 0.1) is 19.4 Å². The predicted octanol–water partition coefficient (Wildman–Crippen LogP) is 2.88. The van der Waals surface area contributed by atoms with Gasteiger partial charge in [0.15, 0.2) is 11.5 Å². The first kappa shape index (κ1) is 17.8. The van der Waals surface area contributed by atoms with Crippen LogP contribution in [0.25, 0.3) is 0 Å². The van der Waals surface area contributed by atoms with Gasteiger partial charge in [-0.15, -0.1) is 0 Å². The molecule has 0 saturated carbocycles. The van der Waals surface area contributed by atoms with Gasteiger partial charge in [-0.05, 0) is 31.5 Å². The fraction of sp³-hybridized carbons (Fsp3) is 0.444. The lowest BCUT2D eigenvalue weighted by Gasteiger charge is -2.18. The van der Waals surface area contributed by atoms with E-state index in [1.165, 1.54) is 0 Å². The monoisotopic (exact) mass is 331 g/mol. The number of hydrogen-bond donors (Lipinski definition) is 0. The highest BCUT2D eigenvalue weighted by Gasteiger charge is 2.16. The zero-order chi connectivity index (χ0) is 17.5. The Hall–Kier alpha value is -2.50. The third-order valence-corrected chi connectivity index (χ3v) is 3.48. The van der Waals surface area contributed by atoms with Crippen LogP contribution in [-0.4, -0.2) is 40.8 Å². The molecule has 1 heterocycles. The van der Waals surface area contributed by atoms with Gasteiger partial charge in [-0.25, -0.2) is 0 Å². The maximum Gasteiger partial charge on any atom is 0.254 e. The Balaban J connectivity index is 2.14. The van der Waals surface area contributed by atoms with E-state index in [9.17, 15) is 4.79 Å². The normalized spacial score (nSPS) is 10.5. The van der Waals surface area contributed by atoms with Crippen LogP contribution in [0.1, 0.15) is 36.2 Å². The molecule has 1 amide bonds. The molecule has 0 bridgehead atoms. The van der Waals surface area contributed by atoms with E-state index in [2.05, 4.69) is 5.10 Å².